The largest absolute Gasteiger partial charge is 0.478 e. The Bertz CT molecular complexity index is 680. The average molecular weight is 304 g/mol. The number of hydrogen-bond donors (Lipinski definition) is 1. The molecule has 1 heterocycles. The molecule has 0 spiro atoms. The smallest absolute Gasteiger partial charge is 0.337 e. The number of carboxylic acids is 1. The summed E-state index contributed by atoms with van der Waals surface area (Å²) in [4.78, 5) is 16.2. The Morgan fingerprint density at radius 2 is 2.29 bits per heavy atom. The highest BCUT2D eigenvalue weighted by Crippen LogP contribution is 2.39. The van der Waals surface area contributed by atoms with Crippen LogP contribution in [0.2, 0.25) is 0 Å². The van der Waals surface area contributed by atoms with Crippen LogP contribution in [-0.2, 0) is 6.42 Å². The molecule has 1 saturated carbocycles. The van der Waals surface area contributed by atoms with E-state index in [1.165, 1.54) is 6.42 Å². The molecule has 0 saturated heterocycles. The number of hydrogen-bond acceptors (Lipinski definition) is 3. The molecule has 1 aromatic carbocycles. The number of imidazole rings is 1. The maximum atomic E-state index is 11.6. The van der Waals surface area contributed by atoms with Gasteiger partial charge in [-0.05, 0) is 37.7 Å². The Balaban J connectivity index is 2.17. The van der Waals surface area contributed by atoms with Crippen molar-refractivity contribution in [3.63, 3.8) is 0 Å². The molecule has 0 bridgehead atoms. The van der Waals surface area contributed by atoms with Gasteiger partial charge in [-0.3, -0.25) is 0 Å². The number of rotatable bonds is 4. The van der Waals surface area contributed by atoms with Gasteiger partial charge in [0.25, 0.3) is 0 Å². The summed E-state index contributed by atoms with van der Waals surface area (Å²) < 4.78 is 2.20. The van der Waals surface area contributed by atoms with Crippen molar-refractivity contribution in [3.05, 3.63) is 29.6 Å². The van der Waals surface area contributed by atoms with Crippen LogP contribution in [-0.4, -0.2) is 32.1 Å². The molecule has 1 aliphatic rings. The number of benzene rings is 1. The number of aromatic carboxylic acids is 1. The lowest BCUT2D eigenvalue weighted by molar-refractivity contribution is 0.0698. The molecule has 3 rings (SSSR count). The lowest BCUT2D eigenvalue weighted by atomic mass is 10.1. The summed E-state index contributed by atoms with van der Waals surface area (Å²) in [6.07, 6.45) is 6.39. The van der Waals surface area contributed by atoms with Crippen molar-refractivity contribution in [2.24, 2.45) is 0 Å². The molecule has 0 radical (unpaired) electrons. The van der Waals surface area contributed by atoms with E-state index in [2.05, 4.69) is 22.7 Å². The van der Waals surface area contributed by atoms with Crippen molar-refractivity contribution in [1.82, 2.24) is 9.55 Å². The molecule has 0 amide bonds. The van der Waals surface area contributed by atoms with Crippen LogP contribution in [0.4, 0.5) is 0 Å². The number of carbonyl (C=O) groups is 1. The highest BCUT2D eigenvalue weighted by molar-refractivity contribution is 7.99. The number of aryl methyl sites for hydroxylation is 1. The van der Waals surface area contributed by atoms with Crippen LogP contribution in [0, 0.1) is 0 Å². The highest BCUT2D eigenvalue weighted by Gasteiger charge is 2.29. The van der Waals surface area contributed by atoms with Gasteiger partial charge < -0.3 is 9.67 Å². The van der Waals surface area contributed by atoms with Crippen LogP contribution in [0.15, 0.2) is 18.2 Å². The van der Waals surface area contributed by atoms with Crippen molar-refractivity contribution >= 4 is 28.8 Å². The lowest BCUT2D eigenvalue weighted by Crippen LogP contribution is -2.12. The number of thioether (sulfide) groups is 1. The summed E-state index contributed by atoms with van der Waals surface area (Å²) in [7, 11) is 0. The second kappa shape index (κ2) is 5.72. The minimum Gasteiger partial charge on any atom is -0.478 e. The number of nitrogens with zero attached hydrogens (tertiary/aromatic N) is 2. The Labute approximate surface area is 128 Å². The molecule has 1 aliphatic carbocycles. The van der Waals surface area contributed by atoms with E-state index >= 15 is 0 Å². The van der Waals surface area contributed by atoms with E-state index < -0.39 is 5.97 Å². The van der Waals surface area contributed by atoms with E-state index in [0.29, 0.717) is 16.9 Å². The SMILES string of the molecule is CCc1nc2cccc(C(=O)O)c2n1C1CCC(SC)C1. The summed E-state index contributed by atoms with van der Waals surface area (Å²) >= 11 is 1.91. The molecule has 2 aromatic rings. The molecule has 112 valence electrons. The van der Waals surface area contributed by atoms with Crippen molar-refractivity contribution in [2.45, 2.75) is 43.9 Å². The zero-order valence-corrected chi connectivity index (χ0v) is 13.2. The Kier molecular flexibility index (Phi) is 3.93. The van der Waals surface area contributed by atoms with E-state index in [1.54, 1.807) is 12.1 Å². The second-order valence-corrected chi connectivity index (χ2v) is 6.69. The second-order valence-electron chi connectivity index (χ2n) is 5.55. The summed E-state index contributed by atoms with van der Waals surface area (Å²) in [5.41, 5.74) is 1.97. The molecule has 2 atom stereocenters. The Morgan fingerprint density at radius 1 is 1.48 bits per heavy atom. The van der Waals surface area contributed by atoms with Gasteiger partial charge >= 0.3 is 5.97 Å². The first-order chi connectivity index (χ1) is 10.2. The van der Waals surface area contributed by atoms with E-state index in [1.807, 2.05) is 17.8 Å². The van der Waals surface area contributed by atoms with Gasteiger partial charge in [-0.2, -0.15) is 11.8 Å². The third kappa shape index (κ3) is 2.44. The molecule has 21 heavy (non-hydrogen) atoms. The molecule has 1 aromatic heterocycles. The maximum absolute atomic E-state index is 11.6. The fourth-order valence-corrected chi connectivity index (χ4v) is 4.16. The van der Waals surface area contributed by atoms with Gasteiger partial charge in [0.15, 0.2) is 0 Å². The zero-order chi connectivity index (χ0) is 15.0. The quantitative estimate of drug-likeness (QED) is 0.934. The molecular weight excluding hydrogens is 284 g/mol. The number of aromatic nitrogens is 2. The van der Waals surface area contributed by atoms with Crippen LogP contribution in [0.3, 0.4) is 0 Å². The highest BCUT2D eigenvalue weighted by atomic mass is 32.2. The molecule has 1 fully saturated rings. The van der Waals surface area contributed by atoms with Gasteiger partial charge in [0.1, 0.15) is 5.82 Å². The van der Waals surface area contributed by atoms with Gasteiger partial charge in [-0.15, -0.1) is 0 Å². The number of carboxylic acid groups (broad SMARTS) is 1. The summed E-state index contributed by atoms with van der Waals surface area (Å²) in [5, 5.41) is 10.2. The third-order valence-corrected chi connectivity index (χ3v) is 5.48. The van der Waals surface area contributed by atoms with Gasteiger partial charge in [0.05, 0.1) is 16.6 Å². The summed E-state index contributed by atoms with van der Waals surface area (Å²) in [5.74, 6) is 0.134. The number of fused-ring (bicyclic) bond motifs is 1. The van der Waals surface area contributed by atoms with Gasteiger partial charge in [0, 0.05) is 17.7 Å². The van der Waals surface area contributed by atoms with Crippen molar-refractivity contribution in [1.29, 1.82) is 0 Å². The van der Waals surface area contributed by atoms with E-state index in [9.17, 15) is 9.90 Å². The Hall–Kier alpha value is -1.49. The summed E-state index contributed by atoms with van der Waals surface area (Å²) in [6.45, 7) is 2.08. The van der Waals surface area contributed by atoms with Gasteiger partial charge in [-0.1, -0.05) is 13.0 Å². The monoisotopic (exact) mass is 304 g/mol. The van der Waals surface area contributed by atoms with E-state index in [4.69, 9.17) is 0 Å². The number of para-hydroxylation sites is 1. The minimum absolute atomic E-state index is 0.368. The topological polar surface area (TPSA) is 55.1 Å². The first kappa shape index (κ1) is 14.4. The fraction of sp³-hybridized carbons (Fsp3) is 0.500. The van der Waals surface area contributed by atoms with Crippen molar-refractivity contribution < 1.29 is 9.90 Å². The van der Waals surface area contributed by atoms with Crippen LogP contribution in [0.25, 0.3) is 11.0 Å². The van der Waals surface area contributed by atoms with Crippen LogP contribution in [0.5, 0.6) is 0 Å². The van der Waals surface area contributed by atoms with Crippen LogP contribution >= 0.6 is 11.8 Å². The molecule has 1 N–H and O–H groups in total. The molecule has 4 nitrogen and oxygen atoms in total. The molecular formula is C16H20N2O2S. The lowest BCUT2D eigenvalue weighted by Gasteiger charge is -2.17. The first-order valence-corrected chi connectivity index (χ1v) is 8.70. The van der Waals surface area contributed by atoms with Gasteiger partial charge in [0.2, 0.25) is 0 Å². The average Bonchev–Trinajstić information content (AvgIpc) is 3.09. The summed E-state index contributed by atoms with van der Waals surface area (Å²) in [6, 6.07) is 5.76. The van der Waals surface area contributed by atoms with Crippen LogP contribution < -0.4 is 0 Å². The maximum Gasteiger partial charge on any atom is 0.337 e. The molecule has 5 heteroatoms. The Morgan fingerprint density at radius 3 is 2.90 bits per heavy atom. The third-order valence-electron chi connectivity index (χ3n) is 4.39. The predicted octanol–water partition coefficient (Wildman–Crippen LogP) is 3.75. The van der Waals surface area contributed by atoms with Crippen molar-refractivity contribution in [2.75, 3.05) is 6.26 Å². The molecule has 2 unspecified atom stereocenters. The fourth-order valence-electron chi connectivity index (χ4n) is 3.38. The van der Waals surface area contributed by atoms with E-state index in [-0.39, 0.29) is 0 Å². The zero-order valence-electron chi connectivity index (χ0n) is 12.4. The van der Waals surface area contributed by atoms with E-state index in [0.717, 1.165) is 36.1 Å². The predicted molar refractivity (Wildman–Crippen MR) is 86.3 cm³/mol. The van der Waals surface area contributed by atoms with Gasteiger partial charge in [-0.25, -0.2) is 9.78 Å². The van der Waals surface area contributed by atoms with Crippen molar-refractivity contribution in [3.8, 4) is 0 Å². The van der Waals surface area contributed by atoms with Crippen LogP contribution in [0.1, 0.15) is 48.4 Å². The molecule has 0 aliphatic heterocycles. The normalized spacial score (nSPS) is 22.0. The standard InChI is InChI=1S/C16H20N2O2S/c1-3-14-17-13-6-4-5-12(16(19)20)15(13)18(14)10-7-8-11(9-10)21-2/h4-6,10-11H,3,7-9H2,1-2H3,(H,19,20). The first-order valence-electron chi connectivity index (χ1n) is 7.41. The minimum atomic E-state index is -0.871.